The molecule has 50 heavy (non-hydrogen) atoms. The molecule has 1 amide bonds. The van der Waals surface area contributed by atoms with E-state index in [0.29, 0.717) is 23.9 Å². The molecule has 0 aromatic rings. The Hall–Kier alpha value is -0.760. The highest BCUT2D eigenvalue weighted by Gasteiger charge is 2.28. The minimum absolute atomic E-state index is 0.0747. The van der Waals surface area contributed by atoms with Gasteiger partial charge < -0.3 is 19.8 Å². The monoisotopic (exact) mass is 732 g/mol. The van der Waals surface area contributed by atoms with Crippen LogP contribution in [0.2, 0.25) is 0 Å². The second-order valence-electron chi connectivity index (χ2n) is 15.7. The summed E-state index contributed by atoms with van der Waals surface area (Å²) in [6, 6.07) is -0.759. The maximum absolute atomic E-state index is 12.8. The molecule has 0 aliphatic rings. The molecular weight excluding hydrogens is 647 g/mol. The Labute approximate surface area is 310 Å². The summed E-state index contributed by atoms with van der Waals surface area (Å²) in [5, 5.41) is 13.9. The summed E-state index contributed by atoms with van der Waals surface area (Å²) < 4.78 is 23.6. The van der Waals surface area contributed by atoms with Crippen molar-refractivity contribution in [1.82, 2.24) is 5.32 Å². The van der Waals surface area contributed by atoms with Gasteiger partial charge in [0.1, 0.15) is 13.2 Å². The number of quaternary nitrogens is 1. The number of aliphatic hydroxyl groups excluding tert-OH is 1. The fourth-order valence-corrected chi connectivity index (χ4v) is 6.83. The van der Waals surface area contributed by atoms with Crippen molar-refractivity contribution >= 4 is 13.7 Å². The smallest absolute Gasteiger partial charge is 0.391 e. The van der Waals surface area contributed by atoms with Crippen molar-refractivity contribution in [1.29, 1.82) is 0 Å². The van der Waals surface area contributed by atoms with Crippen LogP contribution < -0.4 is 5.32 Å². The number of unbranched alkanes of at least 4 members (excludes halogenated alkanes) is 23. The molecule has 3 unspecified atom stereocenters. The lowest BCUT2D eigenvalue weighted by Crippen LogP contribution is -2.46. The van der Waals surface area contributed by atoms with Crippen LogP contribution in [-0.4, -0.2) is 73.4 Å². The van der Waals surface area contributed by atoms with Crippen LogP contribution in [0.1, 0.15) is 194 Å². The van der Waals surface area contributed by atoms with Crippen molar-refractivity contribution in [2.45, 2.75) is 206 Å². The van der Waals surface area contributed by atoms with Gasteiger partial charge in [0.05, 0.1) is 39.9 Å². The molecule has 0 spiro atoms. The SMILES string of the molecule is CCCCCCCC/C=C/CCCCCCCC(=O)NC(COP(=O)(O)OCC[N+](C)(C)C)C(O)CCCCCCCCCCCCCCC. The van der Waals surface area contributed by atoms with Crippen molar-refractivity contribution in [3.63, 3.8) is 0 Å². The van der Waals surface area contributed by atoms with Gasteiger partial charge in [0, 0.05) is 6.42 Å². The molecule has 0 aliphatic heterocycles. The molecule has 3 atom stereocenters. The van der Waals surface area contributed by atoms with Crippen LogP contribution in [0.5, 0.6) is 0 Å². The quantitative estimate of drug-likeness (QED) is 0.0253. The molecule has 0 fully saturated rings. The molecule has 9 heteroatoms. The average molecular weight is 732 g/mol. The zero-order valence-electron chi connectivity index (χ0n) is 33.7. The summed E-state index contributed by atoms with van der Waals surface area (Å²) >= 11 is 0. The van der Waals surface area contributed by atoms with Crippen LogP contribution in [0.15, 0.2) is 12.2 Å². The number of allylic oxidation sites excluding steroid dienone is 2. The van der Waals surface area contributed by atoms with Crippen LogP contribution in [-0.2, 0) is 18.4 Å². The summed E-state index contributed by atoms with van der Waals surface area (Å²) in [6.07, 6.45) is 36.5. The maximum atomic E-state index is 12.8. The third-order valence-electron chi connectivity index (χ3n) is 9.51. The normalized spacial score (nSPS) is 14.6. The molecule has 298 valence electrons. The highest BCUT2D eigenvalue weighted by atomic mass is 31.2. The molecule has 0 radical (unpaired) electrons. The number of hydrogen-bond acceptors (Lipinski definition) is 5. The van der Waals surface area contributed by atoms with Crippen LogP contribution in [0, 0.1) is 0 Å². The zero-order valence-corrected chi connectivity index (χ0v) is 34.5. The van der Waals surface area contributed by atoms with Gasteiger partial charge in [0.25, 0.3) is 0 Å². The molecule has 0 saturated heterocycles. The number of carbonyl (C=O) groups is 1. The van der Waals surface area contributed by atoms with E-state index < -0.39 is 20.0 Å². The first kappa shape index (κ1) is 49.2. The zero-order chi connectivity index (χ0) is 37.2. The van der Waals surface area contributed by atoms with E-state index in [2.05, 4.69) is 31.3 Å². The third-order valence-corrected chi connectivity index (χ3v) is 10.5. The molecule has 0 aromatic carbocycles. The van der Waals surface area contributed by atoms with Crippen molar-refractivity contribution in [3.8, 4) is 0 Å². The Balaban J connectivity index is 4.41. The van der Waals surface area contributed by atoms with E-state index >= 15 is 0 Å². The lowest BCUT2D eigenvalue weighted by Gasteiger charge is -2.26. The van der Waals surface area contributed by atoms with Gasteiger partial charge in [-0.25, -0.2) is 4.57 Å². The number of likely N-dealkylation sites (N-methyl/N-ethyl adjacent to an activating group) is 1. The first-order chi connectivity index (χ1) is 24.0. The number of nitrogens with zero attached hydrogens (tertiary/aromatic N) is 1. The summed E-state index contributed by atoms with van der Waals surface area (Å²) in [7, 11) is 1.61. The minimum atomic E-state index is -4.31. The van der Waals surface area contributed by atoms with Crippen molar-refractivity contribution < 1.29 is 32.9 Å². The van der Waals surface area contributed by atoms with E-state index in [-0.39, 0.29) is 19.1 Å². The molecule has 0 aliphatic carbocycles. The summed E-state index contributed by atoms with van der Waals surface area (Å²) in [5.74, 6) is -0.153. The topological polar surface area (TPSA) is 105 Å². The molecule has 0 heterocycles. The number of carbonyl (C=O) groups excluding carboxylic acids is 1. The Morgan fingerprint density at radius 1 is 0.660 bits per heavy atom. The van der Waals surface area contributed by atoms with Gasteiger partial charge in [0.15, 0.2) is 0 Å². The summed E-state index contributed by atoms with van der Waals surface area (Å²) in [6.45, 7) is 4.87. The van der Waals surface area contributed by atoms with Gasteiger partial charge >= 0.3 is 7.82 Å². The first-order valence-corrected chi connectivity index (χ1v) is 22.5. The lowest BCUT2D eigenvalue weighted by atomic mass is 10.0. The van der Waals surface area contributed by atoms with E-state index in [1.807, 2.05) is 21.1 Å². The second kappa shape index (κ2) is 34.0. The number of phosphoric acid groups is 1. The van der Waals surface area contributed by atoms with Crippen LogP contribution in [0.4, 0.5) is 0 Å². The minimum Gasteiger partial charge on any atom is -0.391 e. The highest BCUT2D eigenvalue weighted by Crippen LogP contribution is 2.43. The molecule has 8 nitrogen and oxygen atoms in total. The number of hydrogen-bond donors (Lipinski definition) is 3. The lowest BCUT2D eigenvalue weighted by molar-refractivity contribution is -0.870. The highest BCUT2D eigenvalue weighted by molar-refractivity contribution is 7.47. The number of rotatable bonds is 38. The fourth-order valence-electron chi connectivity index (χ4n) is 6.10. The molecule has 0 saturated carbocycles. The standard InChI is InChI=1S/C41H83N2O6P/c1-6-8-10-12-14-16-18-20-21-23-25-27-29-31-33-35-41(45)42-39(38-49-50(46,47)48-37-36-43(3,4)5)40(44)34-32-30-28-26-24-22-19-17-15-13-11-9-7-2/h20-21,39-40,44H,6-19,22-38H2,1-5H3,(H-,42,45,46,47)/p+1/b21-20+. The van der Waals surface area contributed by atoms with Crippen LogP contribution in [0.25, 0.3) is 0 Å². The Kier molecular flexibility index (Phi) is 33.5. The van der Waals surface area contributed by atoms with Gasteiger partial charge in [-0.15, -0.1) is 0 Å². The molecular formula is C41H84N2O6P+. The molecule has 3 N–H and O–H groups in total. The fraction of sp³-hybridized carbons (Fsp3) is 0.927. The van der Waals surface area contributed by atoms with E-state index in [4.69, 9.17) is 9.05 Å². The van der Waals surface area contributed by atoms with Gasteiger partial charge in [-0.05, 0) is 38.5 Å². The van der Waals surface area contributed by atoms with Crippen LogP contribution in [0.3, 0.4) is 0 Å². The Morgan fingerprint density at radius 3 is 1.54 bits per heavy atom. The van der Waals surface area contributed by atoms with E-state index in [1.54, 1.807) is 0 Å². The van der Waals surface area contributed by atoms with Gasteiger partial charge in [0.2, 0.25) is 5.91 Å². The third kappa shape index (κ3) is 35.6. The molecule has 0 bridgehead atoms. The van der Waals surface area contributed by atoms with Gasteiger partial charge in [-0.3, -0.25) is 13.8 Å². The van der Waals surface area contributed by atoms with E-state index in [1.165, 1.54) is 116 Å². The molecule has 0 rings (SSSR count). The number of aliphatic hydroxyl groups is 1. The van der Waals surface area contributed by atoms with E-state index in [9.17, 15) is 19.4 Å². The van der Waals surface area contributed by atoms with Gasteiger partial charge in [-0.1, -0.05) is 161 Å². The van der Waals surface area contributed by atoms with Crippen molar-refractivity contribution in [2.24, 2.45) is 0 Å². The number of nitrogens with one attached hydrogen (secondary N) is 1. The Morgan fingerprint density at radius 2 is 1.08 bits per heavy atom. The van der Waals surface area contributed by atoms with Crippen LogP contribution >= 0.6 is 7.82 Å². The maximum Gasteiger partial charge on any atom is 0.472 e. The number of phosphoric ester groups is 1. The van der Waals surface area contributed by atoms with E-state index in [0.717, 1.165) is 51.4 Å². The number of amides is 1. The predicted molar refractivity (Wildman–Crippen MR) is 212 cm³/mol. The first-order valence-electron chi connectivity index (χ1n) is 21.1. The largest absolute Gasteiger partial charge is 0.472 e. The Bertz CT molecular complexity index is 834. The average Bonchev–Trinajstić information content (AvgIpc) is 3.06. The summed E-state index contributed by atoms with van der Waals surface area (Å²) in [5.41, 5.74) is 0. The van der Waals surface area contributed by atoms with Crippen molar-refractivity contribution in [2.75, 3.05) is 40.9 Å². The second-order valence-corrected chi connectivity index (χ2v) is 17.2. The summed E-state index contributed by atoms with van der Waals surface area (Å²) in [4.78, 5) is 23.1. The van der Waals surface area contributed by atoms with Crippen molar-refractivity contribution in [3.05, 3.63) is 12.2 Å². The van der Waals surface area contributed by atoms with Gasteiger partial charge in [-0.2, -0.15) is 0 Å². The predicted octanol–water partition coefficient (Wildman–Crippen LogP) is 11.2. The molecule has 0 aromatic heterocycles.